The molecule has 2 rings (SSSR count). The van der Waals surface area contributed by atoms with Crippen molar-refractivity contribution in [1.82, 2.24) is 5.32 Å². The van der Waals surface area contributed by atoms with Crippen LogP contribution in [0.25, 0.3) is 0 Å². The predicted octanol–water partition coefficient (Wildman–Crippen LogP) is 3.78. The molecule has 1 aliphatic carbocycles. The quantitative estimate of drug-likeness (QED) is 0.805. The van der Waals surface area contributed by atoms with Crippen molar-refractivity contribution in [3.8, 4) is 0 Å². The number of rotatable bonds is 5. The van der Waals surface area contributed by atoms with Gasteiger partial charge in [0.2, 0.25) is 0 Å². The van der Waals surface area contributed by atoms with E-state index in [4.69, 9.17) is 11.6 Å². The van der Waals surface area contributed by atoms with E-state index in [1.165, 1.54) is 12.1 Å². The standard InChI is InChI=1S/C14H18ClF2N/c15-9-11-5-4-8-13(11)18-10-14(16,17)12-6-2-1-3-7-12/h1-3,6-7,11,13,18H,4-5,8-10H2. The number of hydrogen-bond acceptors (Lipinski definition) is 1. The lowest BCUT2D eigenvalue weighted by Crippen LogP contribution is -2.40. The lowest BCUT2D eigenvalue weighted by Gasteiger charge is -2.23. The summed E-state index contributed by atoms with van der Waals surface area (Å²) in [5.74, 6) is -1.94. The third-order valence-corrected chi connectivity index (χ3v) is 4.04. The highest BCUT2D eigenvalue weighted by Crippen LogP contribution is 2.30. The Balaban J connectivity index is 1.93. The highest BCUT2D eigenvalue weighted by atomic mass is 35.5. The first-order valence-corrected chi connectivity index (χ1v) is 6.89. The molecule has 1 nitrogen and oxygen atoms in total. The molecule has 0 bridgehead atoms. The summed E-state index contributed by atoms with van der Waals surface area (Å²) in [5, 5.41) is 2.99. The van der Waals surface area contributed by atoms with Crippen molar-refractivity contribution < 1.29 is 8.78 Å². The minimum Gasteiger partial charge on any atom is -0.308 e. The molecule has 1 N–H and O–H groups in total. The maximum Gasteiger partial charge on any atom is 0.285 e. The molecule has 1 aliphatic rings. The molecule has 18 heavy (non-hydrogen) atoms. The molecule has 1 saturated carbocycles. The molecule has 1 fully saturated rings. The first-order valence-electron chi connectivity index (χ1n) is 6.36. The third kappa shape index (κ3) is 3.21. The van der Waals surface area contributed by atoms with Crippen molar-refractivity contribution in [2.75, 3.05) is 12.4 Å². The number of nitrogens with one attached hydrogen (secondary N) is 1. The third-order valence-electron chi connectivity index (χ3n) is 3.64. The molecule has 0 spiro atoms. The first-order chi connectivity index (χ1) is 8.63. The van der Waals surface area contributed by atoms with Gasteiger partial charge in [0.25, 0.3) is 5.92 Å². The Labute approximate surface area is 112 Å². The van der Waals surface area contributed by atoms with Crippen LogP contribution < -0.4 is 5.32 Å². The smallest absolute Gasteiger partial charge is 0.285 e. The van der Waals surface area contributed by atoms with Gasteiger partial charge >= 0.3 is 0 Å². The summed E-state index contributed by atoms with van der Waals surface area (Å²) in [4.78, 5) is 0. The van der Waals surface area contributed by atoms with Gasteiger partial charge in [-0.25, -0.2) is 0 Å². The second-order valence-corrected chi connectivity index (χ2v) is 5.21. The van der Waals surface area contributed by atoms with Gasteiger partial charge in [0.15, 0.2) is 0 Å². The lowest BCUT2D eigenvalue weighted by molar-refractivity contribution is -0.00656. The van der Waals surface area contributed by atoms with Crippen LogP contribution in [0.4, 0.5) is 8.78 Å². The first kappa shape index (κ1) is 13.8. The van der Waals surface area contributed by atoms with Crippen LogP contribution in [0.2, 0.25) is 0 Å². The van der Waals surface area contributed by atoms with Crippen molar-refractivity contribution in [3.63, 3.8) is 0 Å². The van der Waals surface area contributed by atoms with Crippen LogP contribution in [0, 0.1) is 5.92 Å². The molecule has 2 unspecified atom stereocenters. The molecule has 1 aromatic carbocycles. The van der Waals surface area contributed by atoms with Gasteiger partial charge in [0.1, 0.15) is 0 Å². The molecule has 0 amide bonds. The molecule has 100 valence electrons. The summed E-state index contributed by atoms with van der Waals surface area (Å²) in [6.07, 6.45) is 3.06. The minimum atomic E-state index is -2.82. The zero-order valence-corrected chi connectivity index (χ0v) is 11.0. The van der Waals surface area contributed by atoms with E-state index in [1.807, 2.05) is 0 Å². The Kier molecular flexibility index (Phi) is 4.57. The normalized spacial score (nSPS) is 24.4. The van der Waals surface area contributed by atoms with Crippen LogP contribution in [0.1, 0.15) is 24.8 Å². The molecule has 0 radical (unpaired) electrons. The second kappa shape index (κ2) is 5.98. The average Bonchev–Trinajstić information content (AvgIpc) is 2.85. The van der Waals surface area contributed by atoms with Crippen molar-refractivity contribution in [2.24, 2.45) is 5.92 Å². The Hall–Kier alpha value is -0.670. The SMILES string of the molecule is FC(F)(CNC1CCCC1CCl)c1ccccc1. The highest BCUT2D eigenvalue weighted by molar-refractivity contribution is 6.18. The second-order valence-electron chi connectivity index (χ2n) is 4.90. The molecule has 1 aromatic rings. The van der Waals surface area contributed by atoms with Crippen LogP contribution in [0.3, 0.4) is 0 Å². The fraction of sp³-hybridized carbons (Fsp3) is 0.571. The molecule has 0 aliphatic heterocycles. The molecule has 0 aromatic heterocycles. The largest absolute Gasteiger partial charge is 0.308 e. The fourth-order valence-corrected chi connectivity index (χ4v) is 2.90. The zero-order chi connectivity index (χ0) is 13.0. The van der Waals surface area contributed by atoms with Gasteiger partial charge in [-0.2, -0.15) is 8.78 Å². The summed E-state index contributed by atoms with van der Waals surface area (Å²) in [6.45, 7) is -0.310. The van der Waals surface area contributed by atoms with Crippen LogP contribution >= 0.6 is 11.6 Å². The van der Waals surface area contributed by atoms with Crippen molar-refractivity contribution >= 4 is 11.6 Å². The minimum absolute atomic E-state index is 0.0675. The highest BCUT2D eigenvalue weighted by Gasteiger charge is 2.34. The van der Waals surface area contributed by atoms with Gasteiger partial charge in [0, 0.05) is 17.5 Å². The van der Waals surface area contributed by atoms with E-state index in [2.05, 4.69) is 5.32 Å². The van der Waals surface area contributed by atoms with E-state index < -0.39 is 5.92 Å². The van der Waals surface area contributed by atoms with E-state index in [0.717, 1.165) is 19.3 Å². The Morgan fingerprint density at radius 2 is 1.94 bits per heavy atom. The van der Waals surface area contributed by atoms with Crippen molar-refractivity contribution in [1.29, 1.82) is 0 Å². The molecule has 4 heteroatoms. The van der Waals surface area contributed by atoms with Gasteiger partial charge in [-0.1, -0.05) is 36.8 Å². The predicted molar refractivity (Wildman–Crippen MR) is 70.2 cm³/mol. The van der Waals surface area contributed by atoms with Gasteiger partial charge in [-0.3, -0.25) is 0 Å². The van der Waals surface area contributed by atoms with E-state index in [0.29, 0.717) is 11.8 Å². The Morgan fingerprint density at radius 3 is 2.61 bits per heavy atom. The maximum atomic E-state index is 13.9. The topological polar surface area (TPSA) is 12.0 Å². The van der Waals surface area contributed by atoms with E-state index in [9.17, 15) is 8.78 Å². The zero-order valence-electron chi connectivity index (χ0n) is 10.2. The average molecular weight is 274 g/mol. The molecular weight excluding hydrogens is 256 g/mol. The lowest BCUT2D eigenvalue weighted by atomic mass is 10.0. The summed E-state index contributed by atoms with van der Waals surface area (Å²) >= 11 is 5.84. The number of benzene rings is 1. The summed E-state index contributed by atoms with van der Waals surface area (Å²) in [5.41, 5.74) is 0.0675. The Bertz CT molecular complexity index is 369. The van der Waals surface area contributed by atoms with Crippen LogP contribution in [-0.2, 0) is 5.92 Å². The maximum absolute atomic E-state index is 13.9. The van der Waals surface area contributed by atoms with Crippen LogP contribution in [0.15, 0.2) is 30.3 Å². The van der Waals surface area contributed by atoms with Crippen LogP contribution in [-0.4, -0.2) is 18.5 Å². The van der Waals surface area contributed by atoms with Gasteiger partial charge in [0.05, 0.1) is 6.54 Å². The van der Waals surface area contributed by atoms with Gasteiger partial charge in [-0.05, 0) is 18.8 Å². The van der Waals surface area contributed by atoms with Crippen LogP contribution in [0.5, 0.6) is 0 Å². The molecule has 0 saturated heterocycles. The van der Waals surface area contributed by atoms with E-state index in [1.54, 1.807) is 18.2 Å². The monoisotopic (exact) mass is 273 g/mol. The Morgan fingerprint density at radius 1 is 1.22 bits per heavy atom. The fourth-order valence-electron chi connectivity index (χ4n) is 2.53. The van der Waals surface area contributed by atoms with E-state index in [-0.39, 0.29) is 18.2 Å². The van der Waals surface area contributed by atoms with Gasteiger partial charge < -0.3 is 5.32 Å². The van der Waals surface area contributed by atoms with E-state index >= 15 is 0 Å². The summed E-state index contributed by atoms with van der Waals surface area (Å²) in [7, 11) is 0. The number of hydrogen-bond donors (Lipinski definition) is 1. The molecule has 0 heterocycles. The molecular formula is C14H18ClF2N. The number of halogens is 3. The van der Waals surface area contributed by atoms with Gasteiger partial charge in [-0.15, -0.1) is 11.6 Å². The summed E-state index contributed by atoms with van der Waals surface area (Å²) in [6, 6.07) is 8.09. The van der Waals surface area contributed by atoms with Crippen molar-refractivity contribution in [3.05, 3.63) is 35.9 Å². The molecule has 2 atom stereocenters. The number of alkyl halides is 3. The summed E-state index contributed by atoms with van der Waals surface area (Å²) < 4.78 is 27.9. The van der Waals surface area contributed by atoms with Crippen molar-refractivity contribution in [2.45, 2.75) is 31.2 Å².